The van der Waals surface area contributed by atoms with Crippen molar-refractivity contribution in [1.29, 1.82) is 0 Å². The minimum Gasteiger partial charge on any atom is -0.346 e. The van der Waals surface area contributed by atoms with Crippen molar-refractivity contribution >= 4 is 23.4 Å². The van der Waals surface area contributed by atoms with Gasteiger partial charge in [0.05, 0.1) is 18.8 Å². The second-order valence-electron chi connectivity index (χ2n) is 4.74. The zero-order valence-electron chi connectivity index (χ0n) is 11.4. The highest BCUT2D eigenvalue weighted by molar-refractivity contribution is 7.99. The molecule has 0 amide bonds. The number of halogens is 2. The van der Waals surface area contributed by atoms with Gasteiger partial charge in [0.2, 0.25) is 0 Å². The van der Waals surface area contributed by atoms with E-state index in [1.165, 1.54) is 17.8 Å². The Bertz CT molecular complexity index is 657. The predicted molar refractivity (Wildman–Crippen MR) is 81.4 cm³/mol. The Balaban J connectivity index is 1.98. The molecule has 5 heteroatoms. The molecule has 0 unspecified atom stereocenters. The normalized spacial score (nSPS) is 15.6. The average Bonchev–Trinajstić information content (AvgIpc) is 2.97. The highest BCUT2D eigenvalue weighted by atomic mass is 35.5. The van der Waals surface area contributed by atoms with Gasteiger partial charge in [0.25, 0.3) is 0 Å². The minimum atomic E-state index is -0.631. The van der Waals surface area contributed by atoms with Gasteiger partial charge in [0.15, 0.2) is 6.29 Å². The van der Waals surface area contributed by atoms with Crippen LogP contribution < -0.4 is 0 Å². The summed E-state index contributed by atoms with van der Waals surface area (Å²) in [6, 6.07) is 10.7. The molecule has 3 rings (SSSR count). The van der Waals surface area contributed by atoms with Crippen LogP contribution in [0.25, 0.3) is 0 Å². The Labute approximate surface area is 132 Å². The molecule has 0 radical (unpaired) electrons. The molecular weight excluding hydrogens is 311 g/mol. The molecule has 110 valence electrons. The Morgan fingerprint density at radius 1 is 1.14 bits per heavy atom. The molecule has 0 N–H and O–H groups in total. The van der Waals surface area contributed by atoms with E-state index in [0.29, 0.717) is 23.8 Å². The topological polar surface area (TPSA) is 18.5 Å². The second-order valence-corrected chi connectivity index (χ2v) is 6.26. The lowest BCUT2D eigenvalue weighted by Crippen LogP contribution is -2.03. The summed E-state index contributed by atoms with van der Waals surface area (Å²) in [4.78, 5) is 1.78. The van der Waals surface area contributed by atoms with Crippen LogP contribution in [0.15, 0.2) is 46.2 Å². The van der Waals surface area contributed by atoms with Crippen LogP contribution in [-0.4, -0.2) is 13.2 Å². The van der Waals surface area contributed by atoms with Crippen LogP contribution in [-0.2, 0) is 9.47 Å². The first-order valence-corrected chi connectivity index (χ1v) is 7.80. The molecule has 1 saturated heterocycles. The second kappa shape index (κ2) is 6.36. The van der Waals surface area contributed by atoms with E-state index in [1.807, 2.05) is 31.2 Å². The molecule has 1 aliphatic rings. The molecular formula is C16H14ClFO2S. The molecule has 0 aromatic heterocycles. The lowest BCUT2D eigenvalue weighted by Gasteiger charge is -2.16. The third-order valence-corrected chi connectivity index (χ3v) is 4.71. The molecule has 1 aliphatic heterocycles. The van der Waals surface area contributed by atoms with Crippen LogP contribution in [0.5, 0.6) is 0 Å². The van der Waals surface area contributed by atoms with E-state index in [4.69, 9.17) is 21.1 Å². The first-order chi connectivity index (χ1) is 10.1. The van der Waals surface area contributed by atoms with Gasteiger partial charge in [-0.05, 0) is 36.8 Å². The van der Waals surface area contributed by atoms with Crippen LogP contribution >= 0.6 is 23.4 Å². The summed E-state index contributed by atoms with van der Waals surface area (Å²) in [6.45, 7) is 2.97. The smallest absolute Gasteiger partial charge is 0.187 e. The lowest BCUT2D eigenvalue weighted by atomic mass is 10.2. The molecule has 1 fully saturated rings. The van der Waals surface area contributed by atoms with E-state index in [9.17, 15) is 4.39 Å². The number of benzene rings is 2. The molecule has 0 bridgehead atoms. The maximum Gasteiger partial charge on any atom is 0.187 e. The van der Waals surface area contributed by atoms with E-state index in [1.54, 1.807) is 6.07 Å². The molecule has 21 heavy (non-hydrogen) atoms. The Morgan fingerprint density at radius 2 is 1.90 bits per heavy atom. The van der Waals surface area contributed by atoms with Gasteiger partial charge in [-0.15, -0.1) is 0 Å². The molecule has 1 heterocycles. The van der Waals surface area contributed by atoms with Gasteiger partial charge >= 0.3 is 0 Å². The Kier molecular flexibility index (Phi) is 4.50. The first kappa shape index (κ1) is 14.9. The maximum absolute atomic E-state index is 14.2. The van der Waals surface area contributed by atoms with Crippen molar-refractivity contribution < 1.29 is 13.9 Å². The summed E-state index contributed by atoms with van der Waals surface area (Å²) < 4.78 is 25.1. The summed E-state index contributed by atoms with van der Waals surface area (Å²) in [5.74, 6) is -0.313. The zero-order valence-corrected chi connectivity index (χ0v) is 13.0. The van der Waals surface area contributed by atoms with Crippen molar-refractivity contribution in [2.45, 2.75) is 23.0 Å². The van der Waals surface area contributed by atoms with Crippen molar-refractivity contribution in [2.24, 2.45) is 0 Å². The Morgan fingerprint density at radius 3 is 2.67 bits per heavy atom. The third-order valence-electron chi connectivity index (χ3n) is 3.24. The SMILES string of the molecule is Cc1ccc(Cl)cc1Sc1cccc(F)c1C1OCCO1. The van der Waals surface area contributed by atoms with E-state index < -0.39 is 6.29 Å². The number of aryl methyl sites for hydroxylation is 1. The summed E-state index contributed by atoms with van der Waals surface area (Å²) in [6.07, 6.45) is -0.631. The van der Waals surface area contributed by atoms with Crippen molar-refractivity contribution in [3.8, 4) is 0 Å². The van der Waals surface area contributed by atoms with E-state index >= 15 is 0 Å². The fourth-order valence-electron chi connectivity index (χ4n) is 2.16. The van der Waals surface area contributed by atoms with Crippen molar-refractivity contribution in [3.05, 3.63) is 58.4 Å². The molecule has 0 spiro atoms. The average molecular weight is 325 g/mol. The molecule has 2 aromatic rings. The van der Waals surface area contributed by atoms with Gasteiger partial charge in [-0.3, -0.25) is 0 Å². The van der Waals surface area contributed by atoms with Gasteiger partial charge < -0.3 is 9.47 Å². The van der Waals surface area contributed by atoms with Crippen molar-refractivity contribution in [3.63, 3.8) is 0 Å². The fraction of sp³-hybridized carbons (Fsp3) is 0.250. The van der Waals surface area contributed by atoms with E-state index in [0.717, 1.165) is 15.4 Å². The fourth-order valence-corrected chi connectivity index (χ4v) is 3.50. The standard InChI is InChI=1S/C16H14ClFO2S/c1-10-5-6-11(17)9-14(10)21-13-4-2-3-12(18)15(13)16-19-7-8-20-16/h2-6,9,16H,7-8H2,1H3. The number of ether oxygens (including phenoxy) is 2. The molecule has 2 nitrogen and oxygen atoms in total. The molecule has 0 saturated carbocycles. The largest absolute Gasteiger partial charge is 0.346 e. The number of hydrogen-bond acceptors (Lipinski definition) is 3. The zero-order chi connectivity index (χ0) is 14.8. The van der Waals surface area contributed by atoms with Crippen LogP contribution in [0.4, 0.5) is 4.39 Å². The monoisotopic (exact) mass is 324 g/mol. The summed E-state index contributed by atoms with van der Waals surface area (Å²) in [5, 5.41) is 0.661. The van der Waals surface area contributed by atoms with Crippen LogP contribution in [0, 0.1) is 12.7 Å². The lowest BCUT2D eigenvalue weighted by molar-refractivity contribution is -0.0484. The minimum absolute atomic E-state index is 0.313. The highest BCUT2D eigenvalue weighted by Gasteiger charge is 2.25. The summed E-state index contributed by atoms with van der Waals surface area (Å²) in [5.41, 5.74) is 1.55. The first-order valence-electron chi connectivity index (χ1n) is 6.61. The molecule has 2 aromatic carbocycles. The van der Waals surface area contributed by atoms with E-state index in [-0.39, 0.29) is 5.82 Å². The summed E-state index contributed by atoms with van der Waals surface area (Å²) in [7, 11) is 0. The van der Waals surface area contributed by atoms with Gasteiger partial charge in [-0.25, -0.2) is 4.39 Å². The predicted octanol–water partition coefficient (Wildman–Crippen LogP) is 4.98. The molecule has 0 atom stereocenters. The maximum atomic E-state index is 14.2. The number of rotatable bonds is 3. The van der Waals surface area contributed by atoms with E-state index in [2.05, 4.69) is 0 Å². The summed E-state index contributed by atoms with van der Waals surface area (Å²) >= 11 is 7.52. The van der Waals surface area contributed by atoms with Gasteiger partial charge in [0, 0.05) is 14.8 Å². The third kappa shape index (κ3) is 3.24. The van der Waals surface area contributed by atoms with Crippen molar-refractivity contribution in [2.75, 3.05) is 13.2 Å². The highest BCUT2D eigenvalue weighted by Crippen LogP contribution is 2.39. The van der Waals surface area contributed by atoms with Crippen LogP contribution in [0.1, 0.15) is 17.4 Å². The van der Waals surface area contributed by atoms with Gasteiger partial charge in [0.1, 0.15) is 5.82 Å². The molecule has 0 aliphatic carbocycles. The Hall–Kier alpha value is -1.07. The number of hydrogen-bond donors (Lipinski definition) is 0. The van der Waals surface area contributed by atoms with Crippen LogP contribution in [0.3, 0.4) is 0 Å². The van der Waals surface area contributed by atoms with Gasteiger partial charge in [-0.2, -0.15) is 0 Å². The van der Waals surface area contributed by atoms with Gasteiger partial charge in [-0.1, -0.05) is 35.5 Å². The van der Waals surface area contributed by atoms with Crippen LogP contribution in [0.2, 0.25) is 5.02 Å². The quantitative estimate of drug-likeness (QED) is 0.793. The van der Waals surface area contributed by atoms with Crippen molar-refractivity contribution in [1.82, 2.24) is 0 Å².